The molecule has 78 valence electrons. The Morgan fingerprint density at radius 1 is 1.27 bits per heavy atom. The minimum atomic E-state index is -0.718. The molecule has 1 heterocycles. The van der Waals surface area contributed by atoms with E-state index in [-0.39, 0.29) is 5.78 Å². The summed E-state index contributed by atoms with van der Waals surface area (Å²) in [4.78, 5) is 16.1. The van der Waals surface area contributed by atoms with Crippen LogP contribution in [0.25, 0.3) is 0 Å². The van der Waals surface area contributed by atoms with Crippen molar-refractivity contribution < 1.29 is 14.3 Å². The highest BCUT2D eigenvalue weighted by Gasteiger charge is 2.32. The minimum absolute atomic E-state index is 0.111. The van der Waals surface area contributed by atoms with E-state index in [1.807, 2.05) is 6.07 Å². The molecule has 0 fully saturated rings. The molecule has 1 unspecified atom stereocenters. The first-order valence-corrected chi connectivity index (χ1v) is 4.56. The van der Waals surface area contributed by atoms with Crippen LogP contribution in [0.4, 0.5) is 5.69 Å². The summed E-state index contributed by atoms with van der Waals surface area (Å²) in [7, 11) is 2.94. The van der Waals surface area contributed by atoms with E-state index in [0.717, 1.165) is 0 Å². The molecule has 15 heavy (non-hydrogen) atoms. The van der Waals surface area contributed by atoms with Crippen molar-refractivity contribution in [3.8, 4) is 0 Å². The van der Waals surface area contributed by atoms with Crippen molar-refractivity contribution in [1.29, 1.82) is 0 Å². The van der Waals surface area contributed by atoms with Gasteiger partial charge in [0.05, 0.1) is 12.8 Å². The zero-order valence-electron chi connectivity index (χ0n) is 8.56. The lowest BCUT2D eigenvalue weighted by atomic mass is 10.0. The van der Waals surface area contributed by atoms with Crippen molar-refractivity contribution in [2.75, 3.05) is 14.2 Å². The lowest BCUT2D eigenvalue weighted by molar-refractivity contribution is 0.0707. The van der Waals surface area contributed by atoms with Crippen molar-refractivity contribution >= 4 is 17.4 Å². The van der Waals surface area contributed by atoms with Crippen molar-refractivity contribution in [2.45, 2.75) is 6.10 Å². The van der Waals surface area contributed by atoms with E-state index in [2.05, 4.69) is 4.99 Å². The van der Waals surface area contributed by atoms with Gasteiger partial charge in [0.15, 0.2) is 6.10 Å². The number of fused-ring (bicyclic) bond motifs is 1. The molecule has 0 spiro atoms. The smallest absolute Gasteiger partial charge is 0.226 e. The Hall–Kier alpha value is -1.68. The maximum absolute atomic E-state index is 11.9. The molecule has 1 aromatic rings. The van der Waals surface area contributed by atoms with Crippen LogP contribution >= 0.6 is 0 Å². The molecule has 0 aromatic heterocycles. The largest absolute Gasteiger partial charge is 0.482 e. The number of ketones is 1. The zero-order valence-corrected chi connectivity index (χ0v) is 8.56. The highest BCUT2D eigenvalue weighted by Crippen LogP contribution is 2.26. The Morgan fingerprint density at radius 2 is 2.00 bits per heavy atom. The standard InChI is InChI=1S/C11H11NO3/c1-14-10-9(13)7-5-3-4-6-8(7)12-11(10)15-2/h3-6,10H,1-2H3. The lowest BCUT2D eigenvalue weighted by Gasteiger charge is -2.20. The molecule has 4 heteroatoms. The van der Waals surface area contributed by atoms with Gasteiger partial charge < -0.3 is 9.47 Å². The van der Waals surface area contributed by atoms with Crippen LogP contribution in [0.3, 0.4) is 0 Å². The third kappa shape index (κ3) is 1.53. The summed E-state index contributed by atoms with van der Waals surface area (Å²) in [5.74, 6) is 0.196. The van der Waals surface area contributed by atoms with Gasteiger partial charge in [-0.3, -0.25) is 4.79 Å². The van der Waals surface area contributed by atoms with Crippen LogP contribution in [-0.4, -0.2) is 32.0 Å². The predicted octanol–water partition coefficient (Wildman–Crippen LogP) is 1.57. The van der Waals surface area contributed by atoms with E-state index in [4.69, 9.17) is 9.47 Å². The van der Waals surface area contributed by atoms with Crippen LogP contribution in [0.15, 0.2) is 29.3 Å². The second-order valence-electron chi connectivity index (χ2n) is 3.15. The first-order chi connectivity index (χ1) is 7.27. The van der Waals surface area contributed by atoms with Crippen LogP contribution in [0, 0.1) is 0 Å². The summed E-state index contributed by atoms with van der Waals surface area (Å²) in [6, 6.07) is 7.14. The Bertz CT molecular complexity index is 426. The molecule has 1 atom stereocenters. The Morgan fingerprint density at radius 3 is 2.67 bits per heavy atom. The fourth-order valence-corrected chi connectivity index (χ4v) is 1.57. The zero-order chi connectivity index (χ0) is 10.8. The molecule has 1 aliphatic rings. The number of rotatable bonds is 1. The van der Waals surface area contributed by atoms with Crippen LogP contribution in [-0.2, 0) is 9.47 Å². The maximum atomic E-state index is 11.9. The molecule has 0 bridgehead atoms. The number of methoxy groups -OCH3 is 2. The fraction of sp³-hybridized carbons (Fsp3) is 0.273. The molecule has 2 rings (SSSR count). The van der Waals surface area contributed by atoms with Gasteiger partial charge in [-0.2, -0.15) is 0 Å². The Balaban J connectivity index is 2.54. The average Bonchev–Trinajstić information content (AvgIpc) is 2.29. The molecule has 0 saturated heterocycles. The minimum Gasteiger partial charge on any atom is -0.482 e. The Labute approximate surface area is 87.5 Å². The molecule has 0 radical (unpaired) electrons. The van der Waals surface area contributed by atoms with E-state index >= 15 is 0 Å². The molecule has 0 aliphatic carbocycles. The van der Waals surface area contributed by atoms with E-state index in [9.17, 15) is 4.79 Å². The molecule has 1 aromatic carbocycles. The normalized spacial score (nSPS) is 19.5. The molecule has 4 nitrogen and oxygen atoms in total. The van der Waals surface area contributed by atoms with Gasteiger partial charge in [-0.25, -0.2) is 4.99 Å². The van der Waals surface area contributed by atoms with Crippen LogP contribution in [0.2, 0.25) is 0 Å². The number of nitrogens with zero attached hydrogens (tertiary/aromatic N) is 1. The monoisotopic (exact) mass is 205 g/mol. The summed E-state index contributed by atoms with van der Waals surface area (Å²) in [6.45, 7) is 0. The van der Waals surface area contributed by atoms with E-state index < -0.39 is 6.10 Å². The molecular weight excluding hydrogens is 194 g/mol. The lowest BCUT2D eigenvalue weighted by Crippen LogP contribution is -2.35. The molecule has 0 saturated carbocycles. The number of carbonyl (C=O) groups is 1. The fourth-order valence-electron chi connectivity index (χ4n) is 1.57. The first kappa shape index (κ1) is 9.86. The van der Waals surface area contributed by atoms with Gasteiger partial charge in [0.1, 0.15) is 0 Å². The average molecular weight is 205 g/mol. The topological polar surface area (TPSA) is 47.9 Å². The number of carbonyl (C=O) groups excluding carboxylic acids is 1. The van der Waals surface area contributed by atoms with Gasteiger partial charge in [-0.15, -0.1) is 0 Å². The van der Waals surface area contributed by atoms with Gasteiger partial charge in [0.25, 0.3) is 0 Å². The van der Waals surface area contributed by atoms with Gasteiger partial charge in [-0.1, -0.05) is 12.1 Å². The third-order valence-corrected chi connectivity index (χ3v) is 2.31. The summed E-state index contributed by atoms with van der Waals surface area (Å²) in [6.07, 6.45) is -0.718. The van der Waals surface area contributed by atoms with Gasteiger partial charge in [0, 0.05) is 12.7 Å². The second-order valence-corrected chi connectivity index (χ2v) is 3.15. The summed E-state index contributed by atoms with van der Waals surface area (Å²) >= 11 is 0. The number of aliphatic imine (C=N–C) groups is 1. The number of hydrogen-bond acceptors (Lipinski definition) is 4. The molecule has 1 aliphatic heterocycles. The second kappa shape index (κ2) is 3.82. The van der Waals surface area contributed by atoms with E-state index in [1.165, 1.54) is 14.2 Å². The number of ether oxygens (including phenoxy) is 2. The predicted molar refractivity (Wildman–Crippen MR) is 55.7 cm³/mol. The van der Waals surface area contributed by atoms with Crippen LogP contribution in [0.1, 0.15) is 10.4 Å². The number of Topliss-reactive ketones (excluding diaryl/α,β-unsaturated/α-hetero) is 1. The summed E-state index contributed by atoms with van der Waals surface area (Å²) in [5, 5.41) is 0. The van der Waals surface area contributed by atoms with Crippen molar-refractivity contribution in [3.63, 3.8) is 0 Å². The van der Waals surface area contributed by atoms with Crippen molar-refractivity contribution in [3.05, 3.63) is 29.8 Å². The highest BCUT2D eigenvalue weighted by atomic mass is 16.5. The van der Waals surface area contributed by atoms with Gasteiger partial charge in [0.2, 0.25) is 11.7 Å². The maximum Gasteiger partial charge on any atom is 0.226 e. The van der Waals surface area contributed by atoms with E-state index in [0.29, 0.717) is 17.1 Å². The highest BCUT2D eigenvalue weighted by molar-refractivity contribution is 6.18. The SMILES string of the molecule is COC1=Nc2ccccc2C(=O)C1OC. The number of hydrogen-bond donors (Lipinski definition) is 0. The number of para-hydroxylation sites is 1. The first-order valence-electron chi connectivity index (χ1n) is 4.56. The van der Waals surface area contributed by atoms with Crippen molar-refractivity contribution in [1.82, 2.24) is 0 Å². The number of benzene rings is 1. The molecular formula is C11H11NO3. The summed E-state index contributed by atoms with van der Waals surface area (Å²) in [5.41, 5.74) is 1.21. The van der Waals surface area contributed by atoms with Crippen LogP contribution in [0.5, 0.6) is 0 Å². The summed E-state index contributed by atoms with van der Waals surface area (Å²) < 4.78 is 10.1. The quantitative estimate of drug-likeness (QED) is 0.699. The van der Waals surface area contributed by atoms with Gasteiger partial charge >= 0.3 is 0 Å². The van der Waals surface area contributed by atoms with E-state index in [1.54, 1.807) is 18.2 Å². The molecule has 0 N–H and O–H groups in total. The molecule has 0 amide bonds. The van der Waals surface area contributed by atoms with Gasteiger partial charge in [-0.05, 0) is 12.1 Å². The van der Waals surface area contributed by atoms with Crippen LogP contribution < -0.4 is 0 Å². The Kier molecular flexibility index (Phi) is 2.51. The van der Waals surface area contributed by atoms with Crippen molar-refractivity contribution in [2.24, 2.45) is 4.99 Å². The third-order valence-electron chi connectivity index (χ3n) is 2.31.